The summed E-state index contributed by atoms with van der Waals surface area (Å²) in [5.74, 6) is -0.0739. The molecule has 4 rings (SSSR count). The fourth-order valence-electron chi connectivity index (χ4n) is 3.08. The van der Waals surface area contributed by atoms with Gasteiger partial charge in [0.15, 0.2) is 0 Å². The van der Waals surface area contributed by atoms with E-state index < -0.39 is 0 Å². The van der Waals surface area contributed by atoms with Crippen molar-refractivity contribution in [3.63, 3.8) is 0 Å². The van der Waals surface area contributed by atoms with Crippen molar-refractivity contribution in [3.05, 3.63) is 83.6 Å². The van der Waals surface area contributed by atoms with E-state index in [1.54, 1.807) is 36.4 Å². The largest absolute Gasteiger partial charge is 0.508 e. The van der Waals surface area contributed by atoms with Gasteiger partial charge < -0.3 is 15.7 Å². The van der Waals surface area contributed by atoms with Crippen LogP contribution in [0.15, 0.2) is 66.7 Å². The summed E-state index contributed by atoms with van der Waals surface area (Å²) in [5, 5.41) is 15.2. The van der Waals surface area contributed by atoms with Gasteiger partial charge in [-0.1, -0.05) is 30.3 Å². The number of aromatic nitrogens is 1. The van der Waals surface area contributed by atoms with Crippen LogP contribution >= 0.6 is 0 Å². The second-order valence-corrected chi connectivity index (χ2v) is 7.41. The molecular weight excluding hydrogens is 378 g/mol. The molecule has 1 heterocycles. The number of hydrogen-bond donors (Lipinski definition) is 3. The molecule has 30 heavy (non-hydrogen) atoms. The summed E-state index contributed by atoms with van der Waals surface area (Å²) >= 11 is 0. The van der Waals surface area contributed by atoms with Crippen molar-refractivity contribution >= 4 is 11.8 Å². The van der Waals surface area contributed by atoms with Crippen molar-refractivity contribution in [3.8, 4) is 17.0 Å². The van der Waals surface area contributed by atoms with Crippen LogP contribution in [0.4, 0.5) is 0 Å². The lowest BCUT2D eigenvalue weighted by Crippen LogP contribution is -2.26. The zero-order valence-electron chi connectivity index (χ0n) is 16.5. The Kier molecular flexibility index (Phi) is 5.75. The second-order valence-electron chi connectivity index (χ2n) is 7.41. The molecule has 2 aromatic carbocycles. The Balaban J connectivity index is 1.37. The monoisotopic (exact) mass is 401 g/mol. The number of aromatic hydroxyl groups is 1. The molecule has 1 aliphatic carbocycles. The Morgan fingerprint density at radius 1 is 0.933 bits per heavy atom. The van der Waals surface area contributed by atoms with Crippen LogP contribution in [0.3, 0.4) is 0 Å². The molecule has 3 aromatic rings. The standard InChI is InChI=1S/C24H23N3O3/c28-20-12-4-16(5-13-20)14-15-25-24(30)22-3-1-2-21(27-22)17-6-8-18(9-7-17)23(29)26-19-10-11-19/h1-9,12-13,19,28H,10-11,14-15H2,(H,25,30)(H,26,29). The normalized spacial score (nSPS) is 12.9. The van der Waals surface area contributed by atoms with Crippen LogP contribution < -0.4 is 10.6 Å². The molecule has 1 fully saturated rings. The van der Waals surface area contributed by atoms with Crippen molar-refractivity contribution in [2.24, 2.45) is 0 Å². The molecule has 2 amide bonds. The van der Waals surface area contributed by atoms with Gasteiger partial charge in [-0.2, -0.15) is 0 Å². The third kappa shape index (κ3) is 5.03. The third-order valence-corrected chi connectivity index (χ3v) is 4.97. The van der Waals surface area contributed by atoms with E-state index in [0.717, 1.165) is 24.0 Å². The van der Waals surface area contributed by atoms with Crippen molar-refractivity contribution in [1.82, 2.24) is 15.6 Å². The number of carbonyl (C=O) groups excluding carboxylic acids is 2. The molecule has 0 atom stereocenters. The quantitative estimate of drug-likeness (QED) is 0.566. The Bertz CT molecular complexity index is 1040. The number of carbonyl (C=O) groups is 2. The molecule has 6 heteroatoms. The third-order valence-electron chi connectivity index (χ3n) is 4.97. The highest BCUT2D eigenvalue weighted by Crippen LogP contribution is 2.21. The summed E-state index contributed by atoms with van der Waals surface area (Å²) in [4.78, 5) is 29.0. The van der Waals surface area contributed by atoms with Gasteiger partial charge in [-0.05, 0) is 61.2 Å². The van der Waals surface area contributed by atoms with Gasteiger partial charge in [-0.3, -0.25) is 9.59 Å². The maximum Gasteiger partial charge on any atom is 0.269 e. The van der Waals surface area contributed by atoms with Crippen molar-refractivity contribution in [2.45, 2.75) is 25.3 Å². The molecule has 0 bridgehead atoms. The summed E-state index contributed by atoms with van der Waals surface area (Å²) in [7, 11) is 0. The first-order valence-corrected chi connectivity index (χ1v) is 10.0. The number of benzene rings is 2. The average molecular weight is 401 g/mol. The van der Waals surface area contributed by atoms with Crippen LogP contribution in [-0.4, -0.2) is 34.5 Å². The lowest BCUT2D eigenvalue weighted by molar-refractivity contribution is 0.0942. The van der Waals surface area contributed by atoms with E-state index in [0.29, 0.717) is 36.0 Å². The Morgan fingerprint density at radius 3 is 2.37 bits per heavy atom. The van der Waals surface area contributed by atoms with Crippen LogP contribution in [-0.2, 0) is 6.42 Å². The zero-order valence-corrected chi connectivity index (χ0v) is 16.5. The average Bonchev–Trinajstić information content (AvgIpc) is 3.59. The molecule has 0 unspecified atom stereocenters. The highest BCUT2D eigenvalue weighted by atomic mass is 16.3. The minimum absolute atomic E-state index is 0.0567. The summed E-state index contributed by atoms with van der Waals surface area (Å²) in [6, 6.07) is 19.8. The van der Waals surface area contributed by atoms with Crippen molar-refractivity contribution in [2.75, 3.05) is 6.54 Å². The Morgan fingerprint density at radius 2 is 1.67 bits per heavy atom. The molecule has 0 saturated heterocycles. The van der Waals surface area contributed by atoms with Crippen LogP contribution in [0.2, 0.25) is 0 Å². The van der Waals surface area contributed by atoms with Crippen LogP contribution in [0.5, 0.6) is 5.75 Å². The number of nitrogens with zero attached hydrogens (tertiary/aromatic N) is 1. The maximum atomic E-state index is 12.5. The fourth-order valence-corrected chi connectivity index (χ4v) is 3.08. The first-order valence-electron chi connectivity index (χ1n) is 10.0. The number of hydrogen-bond acceptors (Lipinski definition) is 4. The lowest BCUT2D eigenvalue weighted by Gasteiger charge is -2.08. The predicted molar refractivity (Wildman–Crippen MR) is 114 cm³/mol. The molecule has 3 N–H and O–H groups in total. The minimum Gasteiger partial charge on any atom is -0.508 e. The SMILES string of the molecule is O=C(NC1CC1)c1ccc(-c2cccc(C(=O)NCCc3ccc(O)cc3)n2)cc1. The fraction of sp³-hybridized carbons (Fsp3) is 0.208. The summed E-state index contributed by atoms with van der Waals surface area (Å²) in [6.07, 6.45) is 2.77. The molecule has 1 aliphatic rings. The first kappa shape index (κ1) is 19.6. The van der Waals surface area contributed by atoms with E-state index in [4.69, 9.17) is 0 Å². The van der Waals surface area contributed by atoms with E-state index in [-0.39, 0.29) is 17.6 Å². The van der Waals surface area contributed by atoms with Gasteiger partial charge in [0.05, 0.1) is 5.69 Å². The Hall–Kier alpha value is -3.67. The van der Waals surface area contributed by atoms with Crippen molar-refractivity contribution in [1.29, 1.82) is 0 Å². The molecule has 0 spiro atoms. The first-order chi connectivity index (χ1) is 14.6. The molecule has 1 saturated carbocycles. The van der Waals surface area contributed by atoms with Crippen molar-refractivity contribution < 1.29 is 14.7 Å². The zero-order chi connectivity index (χ0) is 20.9. The van der Waals surface area contributed by atoms with Gasteiger partial charge in [0.25, 0.3) is 11.8 Å². The molecule has 0 radical (unpaired) electrons. The lowest BCUT2D eigenvalue weighted by atomic mass is 10.1. The van der Waals surface area contributed by atoms with Gasteiger partial charge in [-0.25, -0.2) is 4.98 Å². The summed E-state index contributed by atoms with van der Waals surface area (Å²) < 4.78 is 0. The predicted octanol–water partition coefficient (Wildman–Crippen LogP) is 3.32. The van der Waals surface area contributed by atoms with Gasteiger partial charge in [0, 0.05) is 23.7 Å². The van der Waals surface area contributed by atoms with Gasteiger partial charge in [0.2, 0.25) is 0 Å². The number of phenolic OH excluding ortho intramolecular Hbond substituents is 1. The van der Waals surface area contributed by atoms with Crippen LogP contribution in [0, 0.1) is 0 Å². The number of amides is 2. The molecule has 0 aliphatic heterocycles. The molecular formula is C24H23N3O3. The van der Waals surface area contributed by atoms with Crippen LogP contribution in [0.1, 0.15) is 39.3 Å². The highest BCUT2D eigenvalue weighted by molar-refractivity contribution is 5.95. The Labute approximate surface area is 175 Å². The molecule has 152 valence electrons. The van der Waals surface area contributed by atoms with Gasteiger partial charge >= 0.3 is 0 Å². The van der Waals surface area contributed by atoms with E-state index in [2.05, 4.69) is 15.6 Å². The second kappa shape index (κ2) is 8.78. The number of rotatable bonds is 7. The van der Waals surface area contributed by atoms with Gasteiger partial charge in [-0.15, -0.1) is 0 Å². The number of nitrogens with one attached hydrogen (secondary N) is 2. The summed E-state index contributed by atoms with van der Waals surface area (Å²) in [5.41, 5.74) is 3.51. The van der Waals surface area contributed by atoms with E-state index in [9.17, 15) is 14.7 Å². The van der Waals surface area contributed by atoms with Crippen LogP contribution in [0.25, 0.3) is 11.3 Å². The molecule has 6 nitrogen and oxygen atoms in total. The maximum absolute atomic E-state index is 12.5. The molecule has 1 aromatic heterocycles. The van der Waals surface area contributed by atoms with E-state index >= 15 is 0 Å². The smallest absolute Gasteiger partial charge is 0.269 e. The number of pyridine rings is 1. The minimum atomic E-state index is -0.240. The van der Waals surface area contributed by atoms with Gasteiger partial charge in [0.1, 0.15) is 11.4 Å². The number of phenols is 1. The van der Waals surface area contributed by atoms with E-state index in [1.165, 1.54) is 0 Å². The topological polar surface area (TPSA) is 91.3 Å². The van der Waals surface area contributed by atoms with E-state index in [1.807, 2.05) is 30.3 Å². The summed E-state index contributed by atoms with van der Waals surface area (Å²) in [6.45, 7) is 0.473. The highest BCUT2D eigenvalue weighted by Gasteiger charge is 2.23.